The van der Waals surface area contributed by atoms with E-state index in [0.29, 0.717) is 5.88 Å². The molecule has 108 valence electrons. The third-order valence-corrected chi connectivity index (χ3v) is 4.17. The van der Waals surface area contributed by atoms with E-state index in [0.717, 1.165) is 5.56 Å². The number of nitrogens with one attached hydrogen (secondary N) is 1. The average Bonchev–Trinajstić information content (AvgIpc) is 2.77. The number of aromatic nitrogens is 3. The van der Waals surface area contributed by atoms with Gasteiger partial charge in [0.05, 0.1) is 13.4 Å². The summed E-state index contributed by atoms with van der Waals surface area (Å²) in [6.45, 7) is 0.103. The van der Waals surface area contributed by atoms with Crippen molar-refractivity contribution in [1.29, 1.82) is 0 Å². The number of nitrogens with two attached hydrogens (primary N) is 1. The molecule has 2 aromatic rings. The maximum Gasteiger partial charge on any atom is 0.260 e. The molecule has 0 spiro atoms. The van der Waals surface area contributed by atoms with Crippen LogP contribution >= 0.6 is 0 Å². The third-order valence-electron chi connectivity index (χ3n) is 2.64. The van der Waals surface area contributed by atoms with E-state index in [1.165, 1.54) is 18.0 Å². The van der Waals surface area contributed by atoms with Crippen molar-refractivity contribution in [2.75, 3.05) is 12.8 Å². The molecule has 0 amide bonds. The highest BCUT2D eigenvalue weighted by Gasteiger charge is 2.21. The topological polar surface area (TPSA) is 112 Å². The first-order chi connectivity index (χ1) is 9.44. The van der Waals surface area contributed by atoms with Crippen LogP contribution in [0.3, 0.4) is 0 Å². The van der Waals surface area contributed by atoms with Crippen molar-refractivity contribution in [2.24, 2.45) is 7.05 Å². The quantitative estimate of drug-likeness (QED) is 0.796. The van der Waals surface area contributed by atoms with Crippen LogP contribution in [0, 0.1) is 0 Å². The minimum absolute atomic E-state index is 0.0349. The van der Waals surface area contributed by atoms with Crippen LogP contribution < -0.4 is 15.2 Å². The second-order valence-corrected chi connectivity index (χ2v) is 5.76. The van der Waals surface area contributed by atoms with E-state index in [-0.39, 0.29) is 17.4 Å². The van der Waals surface area contributed by atoms with Crippen molar-refractivity contribution in [3.05, 3.63) is 30.2 Å². The predicted octanol–water partition coefficient (Wildman–Crippen LogP) is -0.116. The van der Waals surface area contributed by atoms with E-state index in [1.54, 1.807) is 25.4 Å². The standard InChI is InChI=1S/C11H15N5O3S/c1-16-7-14-10(12)11(16)20(17,18)15-6-8-3-4-13-9(5-8)19-2/h3-5,7,15H,6,12H2,1-2H3. The zero-order valence-corrected chi connectivity index (χ0v) is 11.9. The Bertz CT molecular complexity index is 691. The SMILES string of the molecule is COc1cc(CNS(=O)(=O)c2c(N)ncn2C)ccn1. The highest BCUT2D eigenvalue weighted by molar-refractivity contribution is 7.89. The van der Waals surface area contributed by atoms with Crippen LogP contribution in [0.5, 0.6) is 5.88 Å². The highest BCUT2D eigenvalue weighted by Crippen LogP contribution is 2.16. The summed E-state index contributed by atoms with van der Waals surface area (Å²) >= 11 is 0. The van der Waals surface area contributed by atoms with E-state index in [1.807, 2.05) is 0 Å². The van der Waals surface area contributed by atoms with Crippen LogP contribution in [-0.4, -0.2) is 30.1 Å². The number of sulfonamides is 1. The fraction of sp³-hybridized carbons (Fsp3) is 0.273. The van der Waals surface area contributed by atoms with Gasteiger partial charge in [0.25, 0.3) is 10.0 Å². The smallest absolute Gasteiger partial charge is 0.260 e. The Morgan fingerprint density at radius 2 is 2.20 bits per heavy atom. The second-order valence-electron chi connectivity index (χ2n) is 4.08. The fourth-order valence-corrected chi connectivity index (χ4v) is 2.93. The monoisotopic (exact) mass is 297 g/mol. The fourth-order valence-electron chi connectivity index (χ4n) is 1.68. The van der Waals surface area contributed by atoms with Crippen molar-refractivity contribution < 1.29 is 13.2 Å². The number of hydrogen-bond acceptors (Lipinski definition) is 6. The lowest BCUT2D eigenvalue weighted by molar-refractivity contribution is 0.397. The number of rotatable bonds is 5. The molecule has 3 N–H and O–H groups in total. The molecule has 0 aliphatic carbocycles. The molecule has 0 radical (unpaired) electrons. The summed E-state index contributed by atoms with van der Waals surface area (Å²) in [6.07, 6.45) is 2.89. The van der Waals surface area contributed by atoms with Crippen LogP contribution in [0.4, 0.5) is 5.82 Å². The molecule has 2 aromatic heterocycles. The van der Waals surface area contributed by atoms with Gasteiger partial charge in [0.1, 0.15) is 0 Å². The summed E-state index contributed by atoms with van der Waals surface area (Å²) in [5, 5.41) is -0.0569. The van der Waals surface area contributed by atoms with Crippen LogP contribution in [0.25, 0.3) is 0 Å². The molecule has 0 unspecified atom stereocenters. The number of anilines is 1. The van der Waals surface area contributed by atoms with E-state index in [2.05, 4.69) is 14.7 Å². The van der Waals surface area contributed by atoms with E-state index in [4.69, 9.17) is 10.5 Å². The van der Waals surface area contributed by atoms with Gasteiger partial charge in [0.2, 0.25) is 5.88 Å². The Kier molecular flexibility index (Phi) is 3.91. The largest absolute Gasteiger partial charge is 0.481 e. The summed E-state index contributed by atoms with van der Waals surface area (Å²) in [4.78, 5) is 7.70. The Morgan fingerprint density at radius 3 is 2.80 bits per heavy atom. The zero-order valence-electron chi connectivity index (χ0n) is 11.1. The Hall–Kier alpha value is -2.13. The molecule has 0 bridgehead atoms. The first kappa shape index (κ1) is 14.3. The maximum atomic E-state index is 12.2. The van der Waals surface area contributed by atoms with Gasteiger partial charge in [-0.15, -0.1) is 0 Å². The molecule has 20 heavy (non-hydrogen) atoms. The molecule has 0 saturated carbocycles. The number of pyridine rings is 1. The number of imidazole rings is 1. The van der Waals surface area contributed by atoms with Crippen molar-refractivity contribution in [3.8, 4) is 5.88 Å². The zero-order chi connectivity index (χ0) is 14.8. The molecular formula is C11H15N5O3S. The molecule has 0 aromatic carbocycles. The van der Waals surface area contributed by atoms with Crippen LogP contribution in [0.1, 0.15) is 5.56 Å². The number of aryl methyl sites for hydroxylation is 1. The lowest BCUT2D eigenvalue weighted by atomic mass is 10.3. The maximum absolute atomic E-state index is 12.2. The molecule has 2 heterocycles. The molecule has 0 saturated heterocycles. The van der Waals surface area contributed by atoms with Crippen LogP contribution in [0.2, 0.25) is 0 Å². The second kappa shape index (κ2) is 5.47. The molecular weight excluding hydrogens is 282 g/mol. The number of nitrogens with zero attached hydrogens (tertiary/aromatic N) is 3. The average molecular weight is 297 g/mol. The third kappa shape index (κ3) is 2.89. The van der Waals surface area contributed by atoms with E-state index >= 15 is 0 Å². The summed E-state index contributed by atoms with van der Waals surface area (Å²) in [5.41, 5.74) is 6.28. The molecule has 0 aliphatic rings. The molecule has 2 rings (SSSR count). The van der Waals surface area contributed by atoms with Crippen molar-refractivity contribution in [1.82, 2.24) is 19.3 Å². The summed E-state index contributed by atoms with van der Waals surface area (Å²) in [5.74, 6) is 0.383. The van der Waals surface area contributed by atoms with Gasteiger partial charge in [0, 0.05) is 25.9 Å². The number of methoxy groups -OCH3 is 1. The van der Waals surface area contributed by atoms with Gasteiger partial charge in [-0.1, -0.05) is 0 Å². The van der Waals surface area contributed by atoms with E-state index in [9.17, 15) is 8.42 Å². The minimum Gasteiger partial charge on any atom is -0.481 e. The summed E-state index contributed by atoms with van der Waals surface area (Å²) in [6, 6.07) is 3.34. The highest BCUT2D eigenvalue weighted by atomic mass is 32.2. The predicted molar refractivity (Wildman–Crippen MR) is 72.4 cm³/mol. The van der Waals surface area contributed by atoms with Gasteiger partial charge in [0.15, 0.2) is 10.8 Å². The van der Waals surface area contributed by atoms with Gasteiger partial charge in [-0.2, -0.15) is 0 Å². The van der Waals surface area contributed by atoms with E-state index < -0.39 is 10.0 Å². The summed E-state index contributed by atoms with van der Waals surface area (Å²) < 4.78 is 33.1. The lowest BCUT2D eigenvalue weighted by Crippen LogP contribution is -2.26. The minimum atomic E-state index is -3.73. The van der Waals surface area contributed by atoms with Gasteiger partial charge >= 0.3 is 0 Å². The molecule has 0 atom stereocenters. The Labute approximate surface area is 116 Å². The molecule has 8 nitrogen and oxygen atoms in total. The Balaban J connectivity index is 2.17. The molecule has 0 fully saturated rings. The normalized spacial score (nSPS) is 11.5. The Morgan fingerprint density at radius 1 is 1.45 bits per heavy atom. The first-order valence-electron chi connectivity index (χ1n) is 5.69. The van der Waals surface area contributed by atoms with Crippen LogP contribution in [-0.2, 0) is 23.6 Å². The number of nitrogen functional groups attached to an aromatic ring is 1. The van der Waals surface area contributed by atoms with Gasteiger partial charge in [-0.25, -0.2) is 23.1 Å². The first-order valence-corrected chi connectivity index (χ1v) is 7.17. The van der Waals surface area contributed by atoms with Crippen molar-refractivity contribution >= 4 is 15.8 Å². The number of ether oxygens (including phenoxy) is 1. The van der Waals surface area contributed by atoms with Gasteiger partial charge in [-0.3, -0.25) is 0 Å². The van der Waals surface area contributed by atoms with Gasteiger partial charge in [-0.05, 0) is 11.6 Å². The van der Waals surface area contributed by atoms with Gasteiger partial charge < -0.3 is 15.0 Å². The summed E-state index contributed by atoms with van der Waals surface area (Å²) in [7, 11) is -0.676. The van der Waals surface area contributed by atoms with Crippen molar-refractivity contribution in [3.63, 3.8) is 0 Å². The van der Waals surface area contributed by atoms with Crippen LogP contribution in [0.15, 0.2) is 29.7 Å². The number of hydrogen-bond donors (Lipinski definition) is 2. The van der Waals surface area contributed by atoms with Crippen molar-refractivity contribution in [2.45, 2.75) is 11.6 Å². The lowest BCUT2D eigenvalue weighted by Gasteiger charge is -2.08. The molecule has 9 heteroatoms. The molecule has 0 aliphatic heterocycles.